The van der Waals surface area contributed by atoms with E-state index in [2.05, 4.69) is 38.4 Å². The monoisotopic (exact) mass is 478 g/mol. The average molecular weight is 480 g/mol. The summed E-state index contributed by atoms with van der Waals surface area (Å²) in [5, 5.41) is 1.26. The predicted octanol–water partition coefficient (Wildman–Crippen LogP) is 4.67. The average Bonchev–Trinajstić information content (AvgIpc) is 2.48. The van der Waals surface area contributed by atoms with Crippen molar-refractivity contribution in [3.05, 3.63) is 23.0 Å². The number of hydrogen-bond acceptors (Lipinski definition) is 4. The zero-order valence-electron chi connectivity index (χ0n) is 12.6. The van der Waals surface area contributed by atoms with Crippen LogP contribution in [-0.4, -0.2) is 26.2 Å². The van der Waals surface area contributed by atoms with E-state index in [4.69, 9.17) is 0 Å². The zero-order valence-corrected chi connectivity index (χ0v) is 17.4. The number of allylic oxidation sites excluding steroid dienone is 2. The van der Waals surface area contributed by atoms with Gasteiger partial charge in [-0.05, 0) is 25.7 Å². The van der Waals surface area contributed by atoms with Crippen molar-refractivity contribution in [1.82, 2.24) is 0 Å². The van der Waals surface area contributed by atoms with Crippen molar-refractivity contribution in [2.24, 2.45) is 0 Å². The molecule has 0 radical (unpaired) electrons. The van der Waals surface area contributed by atoms with Crippen LogP contribution in [0.15, 0.2) is 23.0 Å². The van der Waals surface area contributed by atoms with Crippen LogP contribution in [0.2, 0.25) is 0 Å². The molecule has 4 nitrogen and oxygen atoms in total. The summed E-state index contributed by atoms with van der Waals surface area (Å²) in [5.41, 5.74) is 0. The Morgan fingerprint density at radius 2 is 1.41 bits per heavy atom. The Morgan fingerprint density at radius 1 is 0.864 bits per heavy atom. The molecule has 0 amide bonds. The second-order valence-electron chi connectivity index (χ2n) is 5.07. The quantitative estimate of drug-likeness (QED) is 0.284. The maximum absolute atomic E-state index is 11.5. The largest absolute Gasteiger partial charge is 0.223 e. The highest BCUT2D eigenvalue weighted by Gasteiger charge is 2.12. The summed E-state index contributed by atoms with van der Waals surface area (Å²) >= 11 is 5.89. The number of rotatable bonds is 13. The van der Waals surface area contributed by atoms with Crippen molar-refractivity contribution < 1.29 is 16.8 Å². The summed E-state index contributed by atoms with van der Waals surface area (Å²) in [7, 11) is -6.23. The number of hydrogen-bond donors (Lipinski definition) is 0. The van der Waals surface area contributed by atoms with Crippen molar-refractivity contribution in [1.29, 1.82) is 0 Å². The standard InChI is InChI=1S/C14H24Br2O4S2/c1-14(22(19,20)13-16)10-8-6-4-2-3-5-7-9-11-21(17,18)12-15/h9,11H,1-8,10,12-13H2/b11-9+. The minimum Gasteiger partial charge on any atom is -0.223 e. The van der Waals surface area contributed by atoms with Gasteiger partial charge < -0.3 is 0 Å². The number of sulfone groups is 2. The molecule has 0 heterocycles. The molecule has 0 atom stereocenters. The first-order valence-corrected chi connectivity index (χ1v) is 12.8. The van der Waals surface area contributed by atoms with Crippen molar-refractivity contribution in [3.63, 3.8) is 0 Å². The van der Waals surface area contributed by atoms with Gasteiger partial charge in [-0.1, -0.05) is 70.2 Å². The third-order valence-electron chi connectivity index (χ3n) is 3.12. The van der Waals surface area contributed by atoms with E-state index in [0.29, 0.717) is 11.3 Å². The Labute approximate surface area is 151 Å². The lowest BCUT2D eigenvalue weighted by Crippen LogP contribution is -2.03. The molecule has 0 aliphatic rings. The summed E-state index contributed by atoms with van der Waals surface area (Å²) in [6, 6.07) is 0. The van der Waals surface area contributed by atoms with Gasteiger partial charge in [0, 0.05) is 10.3 Å². The van der Waals surface area contributed by atoms with E-state index in [0.717, 1.165) is 44.9 Å². The number of unbranched alkanes of at least 4 members (excludes halogenated alkanes) is 6. The number of alkyl halides is 2. The van der Waals surface area contributed by atoms with Gasteiger partial charge in [0.2, 0.25) is 0 Å². The Bertz CT molecular complexity index is 551. The molecule has 0 saturated heterocycles. The molecule has 0 aromatic carbocycles. The lowest BCUT2D eigenvalue weighted by Gasteiger charge is -2.04. The van der Waals surface area contributed by atoms with Crippen molar-refractivity contribution >= 4 is 51.5 Å². The molecule has 0 spiro atoms. The van der Waals surface area contributed by atoms with Gasteiger partial charge in [0.15, 0.2) is 19.7 Å². The molecule has 0 aromatic heterocycles. The van der Waals surface area contributed by atoms with Gasteiger partial charge in [0.25, 0.3) is 0 Å². The van der Waals surface area contributed by atoms with E-state index in [9.17, 15) is 16.8 Å². The Morgan fingerprint density at radius 3 is 1.95 bits per heavy atom. The molecule has 0 saturated carbocycles. The van der Waals surface area contributed by atoms with Crippen LogP contribution >= 0.6 is 31.9 Å². The minimum absolute atomic E-state index is 0.0351. The molecule has 0 bridgehead atoms. The first kappa shape index (κ1) is 22.3. The highest BCUT2D eigenvalue weighted by molar-refractivity contribution is 9.11. The molecule has 0 aliphatic carbocycles. The molecule has 0 unspecified atom stereocenters. The van der Waals surface area contributed by atoms with Crippen LogP contribution in [-0.2, 0) is 19.7 Å². The fraction of sp³-hybridized carbons (Fsp3) is 0.714. The maximum atomic E-state index is 11.5. The second-order valence-corrected chi connectivity index (χ2v) is 11.7. The minimum atomic E-state index is -3.16. The van der Waals surface area contributed by atoms with Crippen LogP contribution in [0.4, 0.5) is 0 Å². The zero-order chi connectivity index (χ0) is 17.1. The highest BCUT2D eigenvalue weighted by Crippen LogP contribution is 2.17. The SMILES string of the molecule is C=C(CCCCCCCC/C=C/S(=O)(=O)CBr)S(=O)(=O)CBr. The van der Waals surface area contributed by atoms with Crippen LogP contribution < -0.4 is 0 Å². The van der Waals surface area contributed by atoms with Crippen molar-refractivity contribution in [2.75, 3.05) is 9.32 Å². The molecular weight excluding hydrogens is 456 g/mol. The molecule has 0 fully saturated rings. The summed E-state index contributed by atoms with van der Waals surface area (Å²) in [4.78, 5) is 0.308. The van der Waals surface area contributed by atoms with Gasteiger partial charge in [0.05, 0.1) is 0 Å². The maximum Gasteiger partial charge on any atom is 0.183 e. The van der Waals surface area contributed by atoms with E-state index < -0.39 is 19.7 Å². The predicted molar refractivity (Wildman–Crippen MR) is 101 cm³/mol. The Kier molecular flexibility index (Phi) is 12.0. The Hall–Kier alpha value is 0.340. The molecular formula is C14H24Br2O4S2. The smallest absolute Gasteiger partial charge is 0.183 e. The van der Waals surface area contributed by atoms with Gasteiger partial charge in [-0.3, -0.25) is 0 Å². The number of halogens is 2. The van der Waals surface area contributed by atoms with E-state index in [-0.39, 0.29) is 9.32 Å². The third kappa shape index (κ3) is 11.0. The lowest BCUT2D eigenvalue weighted by molar-refractivity contribution is 0.589. The van der Waals surface area contributed by atoms with Gasteiger partial charge in [-0.2, -0.15) is 0 Å². The van der Waals surface area contributed by atoms with E-state index in [1.54, 1.807) is 6.08 Å². The van der Waals surface area contributed by atoms with Gasteiger partial charge in [-0.25, -0.2) is 16.8 Å². The summed E-state index contributed by atoms with van der Waals surface area (Å²) in [6.07, 6.45) is 9.00. The summed E-state index contributed by atoms with van der Waals surface area (Å²) < 4.78 is 45.2. The van der Waals surface area contributed by atoms with E-state index in [1.807, 2.05) is 0 Å². The van der Waals surface area contributed by atoms with E-state index in [1.165, 1.54) is 5.41 Å². The summed E-state index contributed by atoms with van der Waals surface area (Å²) in [5.74, 6) is 0. The second kappa shape index (κ2) is 11.8. The normalized spacial score (nSPS) is 12.8. The molecule has 130 valence electrons. The molecule has 0 rings (SSSR count). The lowest BCUT2D eigenvalue weighted by atomic mass is 10.1. The van der Waals surface area contributed by atoms with Crippen LogP contribution in [0, 0.1) is 0 Å². The molecule has 0 N–H and O–H groups in total. The molecule has 22 heavy (non-hydrogen) atoms. The fourth-order valence-corrected chi connectivity index (χ4v) is 4.32. The van der Waals surface area contributed by atoms with Gasteiger partial charge >= 0.3 is 0 Å². The first-order chi connectivity index (χ1) is 10.2. The Balaban J connectivity index is 3.58. The third-order valence-corrected chi connectivity index (χ3v) is 9.12. The van der Waals surface area contributed by atoms with Crippen molar-refractivity contribution in [2.45, 2.75) is 51.4 Å². The molecule has 0 aliphatic heterocycles. The fourth-order valence-electron chi connectivity index (χ4n) is 1.78. The van der Waals surface area contributed by atoms with Crippen LogP contribution in [0.3, 0.4) is 0 Å². The highest BCUT2D eigenvalue weighted by atomic mass is 79.9. The van der Waals surface area contributed by atoms with Crippen LogP contribution in [0.5, 0.6) is 0 Å². The van der Waals surface area contributed by atoms with Gasteiger partial charge in [0.1, 0.15) is 9.32 Å². The topological polar surface area (TPSA) is 68.3 Å². The first-order valence-electron chi connectivity index (χ1n) is 7.17. The van der Waals surface area contributed by atoms with Crippen molar-refractivity contribution in [3.8, 4) is 0 Å². The van der Waals surface area contributed by atoms with Crippen LogP contribution in [0.1, 0.15) is 51.4 Å². The van der Waals surface area contributed by atoms with Crippen LogP contribution in [0.25, 0.3) is 0 Å². The van der Waals surface area contributed by atoms with Gasteiger partial charge in [-0.15, -0.1) is 0 Å². The van der Waals surface area contributed by atoms with E-state index >= 15 is 0 Å². The summed E-state index contributed by atoms with van der Waals surface area (Å²) in [6.45, 7) is 3.61. The molecule has 8 heteroatoms. The molecule has 0 aromatic rings.